The average Bonchev–Trinajstić information content (AvgIpc) is 2.86. The number of nitro benzene ring substituents is 1. The molecule has 0 radical (unpaired) electrons. The van der Waals surface area contributed by atoms with Crippen LogP contribution in [-0.2, 0) is 17.8 Å². The lowest BCUT2D eigenvalue weighted by Gasteiger charge is -2.49. The number of non-ortho nitro benzene ring substituents is 1. The van der Waals surface area contributed by atoms with Gasteiger partial charge in [0.15, 0.2) is 0 Å². The molecule has 2 heterocycles. The fraction of sp³-hybridized carbons (Fsp3) is 0.269. The molecule has 1 fully saturated rings. The van der Waals surface area contributed by atoms with E-state index in [1.54, 1.807) is 24.3 Å². The second-order valence-corrected chi connectivity index (χ2v) is 9.35. The summed E-state index contributed by atoms with van der Waals surface area (Å²) < 4.78 is 13.6. The van der Waals surface area contributed by atoms with Gasteiger partial charge in [0, 0.05) is 54.7 Å². The molecule has 0 saturated carbocycles. The number of benzene rings is 3. The van der Waals surface area contributed by atoms with Crippen molar-refractivity contribution >= 4 is 34.6 Å². The van der Waals surface area contributed by atoms with Crippen LogP contribution in [-0.4, -0.2) is 36.5 Å². The topological polar surface area (TPSA) is 78.7 Å². The van der Waals surface area contributed by atoms with Crippen molar-refractivity contribution in [2.75, 3.05) is 29.4 Å². The molecule has 1 saturated heterocycles. The summed E-state index contributed by atoms with van der Waals surface area (Å²) in [6.07, 6.45) is 0.390. The monoisotopic (exact) mass is 494 g/mol. The molecule has 1 amide bonds. The van der Waals surface area contributed by atoms with Gasteiger partial charge in [-0.15, -0.1) is 0 Å². The summed E-state index contributed by atoms with van der Waals surface area (Å²) in [7, 11) is 0. The second-order valence-electron chi connectivity index (χ2n) is 8.91. The van der Waals surface area contributed by atoms with E-state index >= 15 is 0 Å². The number of nitro groups is 1. The molecule has 2 aliphatic heterocycles. The first-order valence-corrected chi connectivity index (χ1v) is 11.8. The number of hydrogen-bond acceptors (Lipinski definition) is 5. The predicted molar refractivity (Wildman–Crippen MR) is 133 cm³/mol. The fourth-order valence-electron chi connectivity index (χ4n) is 5.08. The molecule has 0 spiro atoms. The standard InChI is InChI=1S/C26H24ClFN4O3/c27-19-4-6-21(7-5-19)30-10-11-31-24-9-8-22(32(34)35)13-18(24)14-23(25(31)16-30)26(33)29-15-17-2-1-3-20(28)12-17/h1-9,12-13,23,25H,10-11,14-16H2,(H,29,33). The first-order valence-electron chi connectivity index (χ1n) is 11.5. The van der Waals surface area contributed by atoms with Gasteiger partial charge in [-0.25, -0.2) is 4.39 Å². The van der Waals surface area contributed by atoms with Crippen LogP contribution in [0.25, 0.3) is 0 Å². The Balaban J connectivity index is 1.43. The van der Waals surface area contributed by atoms with Gasteiger partial charge in [-0.2, -0.15) is 0 Å². The summed E-state index contributed by atoms with van der Waals surface area (Å²) >= 11 is 6.06. The van der Waals surface area contributed by atoms with E-state index in [-0.39, 0.29) is 30.0 Å². The fourth-order valence-corrected chi connectivity index (χ4v) is 5.20. The maximum atomic E-state index is 13.6. The van der Waals surface area contributed by atoms with E-state index in [9.17, 15) is 19.3 Å². The van der Waals surface area contributed by atoms with Crippen molar-refractivity contribution < 1.29 is 14.1 Å². The Hall–Kier alpha value is -3.65. The molecule has 9 heteroatoms. The lowest BCUT2D eigenvalue weighted by atomic mass is 9.83. The first kappa shape index (κ1) is 23.1. The molecule has 2 aliphatic rings. The highest BCUT2D eigenvalue weighted by Crippen LogP contribution is 2.38. The summed E-state index contributed by atoms with van der Waals surface area (Å²) in [5, 5.41) is 15.0. The zero-order valence-corrected chi connectivity index (χ0v) is 19.6. The van der Waals surface area contributed by atoms with Crippen LogP contribution in [0.5, 0.6) is 0 Å². The van der Waals surface area contributed by atoms with Gasteiger partial charge in [-0.1, -0.05) is 23.7 Å². The van der Waals surface area contributed by atoms with Crippen LogP contribution in [0.1, 0.15) is 11.1 Å². The minimum atomic E-state index is -0.423. The van der Waals surface area contributed by atoms with E-state index in [0.29, 0.717) is 30.1 Å². The minimum Gasteiger partial charge on any atom is -0.368 e. The van der Waals surface area contributed by atoms with Gasteiger partial charge in [0.05, 0.1) is 16.9 Å². The minimum absolute atomic E-state index is 0.0147. The molecule has 0 aromatic heterocycles. The predicted octanol–water partition coefficient (Wildman–Crippen LogP) is 4.57. The second kappa shape index (κ2) is 9.54. The van der Waals surface area contributed by atoms with Gasteiger partial charge in [0.1, 0.15) is 5.82 Å². The zero-order valence-electron chi connectivity index (χ0n) is 18.9. The van der Waals surface area contributed by atoms with Crippen LogP contribution in [0.2, 0.25) is 5.02 Å². The van der Waals surface area contributed by atoms with Gasteiger partial charge in [-0.05, 0) is 60.0 Å². The highest BCUT2D eigenvalue weighted by Gasteiger charge is 2.42. The normalized spacial score (nSPS) is 19.0. The Morgan fingerprint density at radius 3 is 2.66 bits per heavy atom. The first-order chi connectivity index (χ1) is 16.9. The van der Waals surface area contributed by atoms with Crippen molar-refractivity contribution in [1.82, 2.24) is 5.32 Å². The summed E-state index contributed by atoms with van der Waals surface area (Å²) in [4.78, 5) is 28.8. The number of fused-ring (bicyclic) bond motifs is 3. The third kappa shape index (κ3) is 4.79. The van der Waals surface area contributed by atoms with Crippen molar-refractivity contribution in [1.29, 1.82) is 0 Å². The Morgan fingerprint density at radius 1 is 1.11 bits per heavy atom. The van der Waals surface area contributed by atoms with E-state index in [1.807, 2.05) is 24.3 Å². The Bertz CT molecular complexity index is 1270. The largest absolute Gasteiger partial charge is 0.368 e. The van der Waals surface area contributed by atoms with Crippen molar-refractivity contribution in [3.8, 4) is 0 Å². The lowest BCUT2D eigenvalue weighted by Crippen LogP contribution is -2.61. The van der Waals surface area contributed by atoms with Crippen LogP contribution < -0.4 is 15.1 Å². The van der Waals surface area contributed by atoms with Crippen molar-refractivity contribution in [2.45, 2.75) is 19.0 Å². The molecular formula is C26H24ClFN4O3. The molecule has 5 rings (SSSR count). The SMILES string of the molecule is O=C(NCc1cccc(F)c1)C1Cc2cc([N+](=O)[O-])ccc2N2CCN(c3ccc(Cl)cc3)CC12. The van der Waals surface area contributed by atoms with Gasteiger partial charge < -0.3 is 15.1 Å². The summed E-state index contributed by atoms with van der Waals surface area (Å²) in [5.41, 5.74) is 3.45. The van der Waals surface area contributed by atoms with E-state index < -0.39 is 10.8 Å². The molecule has 0 aliphatic carbocycles. The molecule has 3 aromatic carbocycles. The van der Waals surface area contributed by atoms with Crippen LogP contribution in [0.15, 0.2) is 66.7 Å². The summed E-state index contributed by atoms with van der Waals surface area (Å²) in [6, 6.07) is 18.5. The maximum absolute atomic E-state index is 13.6. The van der Waals surface area contributed by atoms with E-state index in [0.717, 1.165) is 23.5 Å². The van der Waals surface area contributed by atoms with Gasteiger partial charge in [-0.3, -0.25) is 14.9 Å². The van der Waals surface area contributed by atoms with Crippen LogP contribution in [0.4, 0.5) is 21.5 Å². The molecule has 35 heavy (non-hydrogen) atoms. The van der Waals surface area contributed by atoms with E-state index in [1.165, 1.54) is 18.2 Å². The quantitative estimate of drug-likeness (QED) is 0.415. The number of carbonyl (C=O) groups is 1. The summed E-state index contributed by atoms with van der Waals surface area (Å²) in [5.74, 6) is -0.930. The number of nitrogens with one attached hydrogen (secondary N) is 1. The van der Waals surface area contributed by atoms with E-state index in [2.05, 4.69) is 15.1 Å². The molecule has 1 N–H and O–H groups in total. The van der Waals surface area contributed by atoms with Crippen LogP contribution in [0, 0.1) is 21.8 Å². The molecule has 180 valence electrons. The number of hydrogen-bond donors (Lipinski definition) is 1. The number of carbonyl (C=O) groups excluding carboxylic acids is 1. The van der Waals surface area contributed by atoms with Gasteiger partial charge >= 0.3 is 0 Å². The smallest absolute Gasteiger partial charge is 0.269 e. The van der Waals surface area contributed by atoms with Crippen molar-refractivity contribution in [3.63, 3.8) is 0 Å². The molecule has 2 unspecified atom stereocenters. The lowest BCUT2D eigenvalue weighted by molar-refractivity contribution is -0.384. The molecular weight excluding hydrogens is 471 g/mol. The molecule has 0 bridgehead atoms. The highest BCUT2D eigenvalue weighted by atomic mass is 35.5. The average molecular weight is 495 g/mol. The molecule has 3 aromatic rings. The third-order valence-corrected chi connectivity index (χ3v) is 7.04. The van der Waals surface area contributed by atoms with Crippen molar-refractivity contribution in [2.24, 2.45) is 5.92 Å². The summed E-state index contributed by atoms with van der Waals surface area (Å²) in [6.45, 7) is 2.25. The number of piperazine rings is 1. The Labute approximate surface area is 207 Å². The van der Waals surface area contributed by atoms with Gasteiger partial charge in [0.2, 0.25) is 5.91 Å². The number of halogens is 2. The number of nitrogens with zero attached hydrogens (tertiary/aromatic N) is 3. The van der Waals surface area contributed by atoms with E-state index in [4.69, 9.17) is 11.6 Å². The Kier molecular flexibility index (Phi) is 6.30. The number of amides is 1. The molecule has 7 nitrogen and oxygen atoms in total. The third-order valence-electron chi connectivity index (χ3n) is 6.79. The maximum Gasteiger partial charge on any atom is 0.269 e. The molecule has 2 atom stereocenters. The highest BCUT2D eigenvalue weighted by molar-refractivity contribution is 6.30. The Morgan fingerprint density at radius 2 is 1.91 bits per heavy atom. The van der Waals surface area contributed by atoms with Crippen LogP contribution in [0.3, 0.4) is 0 Å². The zero-order chi connectivity index (χ0) is 24.5. The number of rotatable bonds is 5. The number of anilines is 2. The van der Waals surface area contributed by atoms with Crippen LogP contribution >= 0.6 is 11.6 Å². The van der Waals surface area contributed by atoms with Gasteiger partial charge in [0.25, 0.3) is 5.69 Å². The van der Waals surface area contributed by atoms with Crippen molar-refractivity contribution in [3.05, 3.63) is 98.8 Å².